The molecule has 37 heavy (non-hydrogen) atoms. The second kappa shape index (κ2) is 12.5. The summed E-state index contributed by atoms with van der Waals surface area (Å²) in [7, 11) is 0. The lowest BCUT2D eigenvalue weighted by atomic mass is 9.96. The van der Waals surface area contributed by atoms with Crippen molar-refractivity contribution >= 4 is 35.2 Å². The van der Waals surface area contributed by atoms with E-state index in [1.54, 1.807) is 38.7 Å². The number of rotatable bonds is 8. The zero-order valence-corrected chi connectivity index (χ0v) is 24.1. The Morgan fingerprint density at radius 2 is 1.62 bits per heavy atom. The van der Waals surface area contributed by atoms with Gasteiger partial charge in [-0.15, -0.1) is 0 Å². The summed E-state index contributed by atoms with van der Waals surface area (Å²) in [6.45, 7) is 16.4. The minimum atomic E-state index is -0.959. The first-order valence-electron chi connectivity index (χ1n) is 12.6. The van der Waals surface area contributed by atoms with Crippen LogP contribution in [0.25, 0.3) is 0 Å². The number of nitrogens with zero attached hydrogens (tertiary/aromatic N) is 1. The van der Waals surface area contributed by atoms with E-state index in [0.29, 0.717) is 22.7 Å². The lowest BCUT2D eigenvalue weighted by Gasteiger charge is -2.38. The number of nitrogens with one attached hydrogen (secondary N) is 2. The summed E-state index contributed by atoms with van der Waals surface area (Å²) in [5.41, 5.74) is 3.22. The van der Waals surface area contributed by atoms with Crippen LogP contribution < -0.4 is 10.6 Å². The van der Waals surface area contributed by atoms with Crippen molar-refractivity contribution in [3.63, 3.8) is 0 Å². The molecule has 0 aromatic heterocycles. The third-order valence-electron chi connectivity index (χ3n) is 5.98. The maximum absolute atomic E-state index is 14.0. The van der Waals surface area contributed by atoms with E-state index < -0.39 is 29.7 Å². The SMILES string of the molecule is CCC(C)N(C(=O)C(C)NC(=O)OC(C)(C)C)C(C(=O)Nc1c(C)cccc1Cl)c1cc(C)cc(C)c1. The molecule has 0 saturated carbocycles. The first-order valence-corrected chi connectivity index (χ1v) is 13.0. The lowest BCUT2D eigenvalue weighted by Crippen LogP contribution is -2.53. The number of carbonyl (C=O) groups excluding carboxylic acids is 3. The van der Waals surface area contributed by atoms with Crippen LogP contribution in [0.2, 0.25) is 5.02 Å². The Bertz CT molecular complexity index is 1100. The number of para-hydroxylation sites is 1. The molecule has 0 aliphatic carbocycles. The molecule has 0 spiro atoms. The molecule has 202 valence electrons. The number of hydrogen-bond donors (Lipinski definition) is 2. The fraction of sp³-hybridized carbons (Fsp3) is 0.483. The van der Waals surface area contributed by atoms with Gasteiger partial charge in [0.25, 0.3) is 5.91 Å². The number of anilines is 1. The predicted octanol–water partition coefficient (Wildman–Crippen LogP) is 6.49. The molecule has 7 nitrogen and oxygen atoms in total. The highest BCUT2D eigenvalue weighted by atomic mass is 35.5. The van der Waals surface area contributed by atoms with Gasteiger partial charge in [-0.05, 0) is 79.0 Å². The average molecular weight is 530 g/mol. The molecule has 0 heterocycles. The number of halogens is 1. The number of ether oxygens (including phenoxy) is 1. The third kappa shape index (κ3) is 8.22. The fourth-order valence-electron chi connectivity index (χ4n) is 4.15. The van der Waals surface area contributed by atoms with Crippen LogP contribution in [0.1, 0.15) is 76.3 Å². The third-order valence-corrected chi connectivity index (χ3v) is 6.30. The van der Waals surface area contributed by atoms with Gasteiger partial charge in [-0.25, -0.2) is 4.79 Å². The maximum Gasteiger partial charge on any atom is 0.408 e. The van der Waals surface area contributed by atoms with E-state index in [1.165, 1.54) is 0 Å². The van der Waals surface area contributed by atoms with Crippen molar-refractivity contribution in [3.05, 3.63) is 63.7 Å². The molecule has 2 rings (SSSR count). The van der Waals surface area contributed by atoms with Crippen molar-refractivity contribution in [2.24, 2.45) is 0 Å². The van der Waals surface area contributed by atoms with Crippen LogP contribution in [0.3, 0.4) is 0 Å². The minimum absolute atomic E-state index is 0.306. The van der Waals surface area contributed by atoms with Crippen molar-refractivity contribution in [1.82, 2.24) is 10.2 Å². The number of aryl methyl sites for hydroxylation is 3. The molecule has 0 aliphatic rings. The second-order valence-corrected chi connectivity index (χ2v) is 11.0. The van der Waals surface area contributed by atoms with Gasteiger partial charge in [-0.3, -0.25) is 9.59 Å². The Hall–Kier alpha value is -3.06. The monoisotopic (exact) mass is 529 g/mol. The van der Waals surface area contributed by atoms with Crippen molar-refractivity contribution in [2.75, 3.05) is 5.32 Å². The molecule has 0 fully saturated rings. The molecule has 2 N–H and O–H groups in total. The molecule has 3 atom stereocenters. The Kier molecular flexibility index (Phi) is 10.2. The molecule has 0 radical (unpaired) electrons. The van der Waals surface area contributed by atoms with Crippen molar-refractivity contribution in [1.29, 1.82) is 0 Å². The van der Waals surface area contributed by atoms with Crippen LogP contribution in [-0.4, -0.2) is 40.5 Å². The molecule has 3 amide bonds. The molecule has 2 aromatic rings. The van der Waals surface area contributed by atoms with Gasteiger partial charge >= 0.3 is 6.09 Å². The Balaban J connectivity index is 2.56. The number of carbonyl (C=O) groups is 3. The number of alkyl carbamates (subject to hydrolysis) is 1. The molecule has 8 heteroatoms. The van der Waals surface area contributed by atoms with E-state index in [4.69, 9.17) is 16.3 Å². The van der Waals surface area contributed by atoms with Gasteiger partial charge in [0.05, 0.1) is 10.7 Å². The maximum atomic E-state index is 14.0. The van der Waals surface area contributed by atoms with E-state index in [2.05, 4.69) is 10.6 Å². The highest BCUT2D eigenvalue weighted by molar-refractivity contribution is 6.34. The standard InChI is InChI=1S/C29H40ClN3O4/c1-10-20(5)33(27(35)21(6)31-28(36)37-29(7,8)9)25(22-15-17(2)14-18(3)16-22)26(34)32-24-19(4)12-11-13-23(24)30/h11-16,20-21,25H,10H2,1-9H3,(H,31,36)(H,32,34). The van der Waals surface area contributed by atoms with Gasteiger partial charge in [0, 0.05) is 6.04 Å². The second-order valence-electron chi connectivity index (χ2n) is 10.6. The largest absolute Gasteiger partial charge is 0.444 e. The molecule has 0 bridgehead atoms. The van der Waals surface area contributed by atoms with Crippen LogP contribution in [0.4, 0.5) is 10.5 Å². The smallest absolute Gasteiger partial charge is 0.408 e. The van der Waals surface area contributed by atoms with E-state index in [9.17, 15) is 14.4 Å². The molecular formula is C29H40ClN3O4. The van der Waals surface area contributed by atoms with E-state index in [-0.39, 0.29) is 11.9 Å². The van der Waals surface area contributed by atoms with Crippen LogP contribution in [0.15, 0.2) is 36.4 Å². The Morgan fingerprint density at radius 1 is 1.03 bits per heavy atom. The topological polar surface area (TPSA) is 87.7 Å². The zero-order valence-electron chi connectivity index (χ0n) is 23.4. The summed E-state index contributed by atoms with van der Waals surface area (Å²) in [5.74, 6) is -0.783. The van der Waals surface area contributed by atoms with Gasteiger partial charge in [0.1, 0.15) is 17.7 Å². The highest BCUT2D eigenvalue weighted by Crippen LogP contribution is 2.31. The van der Waals surface area contributed by atoms with Gasteiger partial charge in [-0.2, -0.15) is 0 Å². The van der Waals surface area contributed by atoms with Crippen molar-refractivity contribution < 1.29 is 19.1 Å². The highest BCUT2D eigenvalue weighted by Gasteiger charge is 2.37. The Labute approximate surface area is 225 Å². The lowest BCUT2D eigenvalue weighted by molar-refractivity contribution is -0.143. The van der Waals surface area contributed by atoms with E-state index in [0.717, 1.165) is 16.7 Å². The molecule has 3 unspecified atom stereocenters. The average Bonchev–Trinajstić information content (AvgIpc) is 2.76. The van der Waals surface area contributed by atoms with Gasteiger partial charge < -0.3 is 20.3 Å². The van der Waals surface area contributed by atoms with Crippen LogP contribution >= 0.6 is 11.6 Å². The van der Waals surface area contributed by atoms with Crippen molar-refractivity contribution in [3.8, 4) is 0 Å². The van der Waals surface area contributed by atoms with Gasteiger partial charge in [-0.1, -0.05) is 60.0 Å². The molecule has 0 aliphatic heterocycles. The molecule has 0 saturated heterocycles. The fourth-order valence-corrected chi connectivity index (χ4v) is 4.42. The zero-order chi connectivity index (χ0) is 28.1. The number of benzene rings is 2. The number of hydrogen-bond acceptors (Lipinski definition) is 4. The van der Waals surface area contributed by atoms with Gasteiger partial charge in [0.2, 0.25) is 5.91 Å². The first kappa shape index (κ1) is 30.2. The summed E-state index contributed by atoms with van der Waals surface area (Å²) in [6.07, 6.45) is -0.0959. The quantitative estimate of drug-likeness (QED) is 0.409. The molecule has 2 aromatic carbocycles. The summed E-state index contributed by atoms with van der Waals surface area (Å²) in [4.78, 5) is 41.8. The Morgan fingerprint density at radius 3 is 2.14 bits per heavy atom. The predicted molar refractivity (Wildman–Crippen MR) is 149 cm³/mol. The van der Waals surface area contributed by atoms with Crippen LogP contribution in [0.5, 0.6) is 0 Å². The van der Waals surface area contributed by atoms with Crippen LogP contribution in [0, 0.1) is 20.8 Å². The summed E-state index contributed by atoms with van der Waals surface area (Å²) in [6, 6.07) is 9.02. The molecular weight excluding hydrogens is 490 g/mol. The summed E-state index contributed by atoms with van der Waals surface area (Å²) < 4.78 is 5.34. The minimum Gasteiger partial charge on any atom is -0.444 e. The van der Waals surface area contributed by atoms with Gasteiger partial charge in [0.15, 0.2) is 0 Å². The first-order chi connectivity index (χ1) is 17.1. The van der Waals surface area contributed by atoms with E-state index >= 15 is 0 Å². The van der Waals surface area contributed by atoms with E-state index in [1.807, 2.05) is 65.0 Å². The number of amides is 3. The van der Waals surface area contributed by atoms with Crippen molar-refractivity contribution in [2.45, 2.75) is 92.5 Å². The summed E-state index contributed by atoms with van der Waals surface area (Å²) >= 11 is 6.41. The summed E-state index contributed by atoms with van der Waals surface area (Å²) in [5, 5.41) is 6.00. The normalized spacial score (nSPS) is 13.8. The van der Waals surface area contributed by atoms with Crippen LogP contribution in [-0.2, 0) is 14.3 Å².